The van der Waals surface area contributed by atoms with E-state index in [4.69, 9.17) is 11.6 Å². The van der Waals surface area contributed by atoms with Crippen molar-refractivity contribution in [1.82, 2.24) is 10.6 Å². The monoisotopic (exact) mass is 460 g/mol. The summed E-state index contributed by atoms with van der Waals surface area (Å²) in [7, 11) is 0. The van der Waals surface area contributed by atoms with Crippen molar-refractivity contribution in [2.45, 2.75) is 44.4 Å². The summed E-state index contributed by atoms with van der Waals surface area (Å²) in [4.78, 5) is 12.2. The minimum atomic E-state index is -4.73. The summed E-state index contributed by atoms with van der Waals surface area (Å²) in [6.45, 7) is 0.612. The zero-order valence-corrected chi connectivity index (χ0v) is 17.3. The first kappa shape index (κ1) is 23.5. The smallest absolute Gasteiger partial charge is 0.352 e. The predicted molar refractivity (Wildman–Crippen MR) is 108 cm³/mol. The van der Waals surface area contributed by atoms with E-state index in [1.807, 2.05) is 0 Å². The summed E-state index contributed by atoms with van der Waals surface area (Å²) in [5.74, 6) is -2.04. The van der Waals surface area contributed by atoms with Crippen molar-refractivity contribution in [1.29, 1.82) is 0 Å². The standard InChI is InChI=1S/C22H22ClF5N2O/c23-19-2-1-3-20(25)18(19)12-29-17-6-4-13(5-7-17)11-30-21(31)14-8-15(22(26,27)28)10-16(24)9-14/h1-3,8-10,13,17,29H,4-7,11-12H2,(H,30,31)/t13-,17+. The van der Waals surface area contributed by atoms with Gasteiger partial charge < -0.3 is 10.6 Å². The lowest BCUT2D eigenvalue weighted by molar-refractivity contribution is -0.137. The summed E-state index contributed by atoms with van der Waals surface area (Å²) in [6, 6.07) is 6.52. The van der Waals surface area contributed by atoms with Crippen LogP contribution in [-0.4, -0.2) is 18.5 Å². The fourth-order valence-electron chi connectivity index (χ4n) is 3.74. The molecule has 1 saturated carbocycles. The van der Waals surface area contributed by atoms with Gasteiger partial charge in [-0.15, -0.1) is 0 Å². The number of carbonyl (C=O) groups is 1. The molecule has 2 N–H and O–H groups in total. The van der Waals surface area contributed by atoms with Crippen LogP contribution >= 0.6 is 11.6 Å². The molecule has 3 rings (SSSR count). The number of hydrogen-bond donors (Lipinski definition) is 2. The van der Waals surface area contributed by atoms with Gasteiger partial charge in [0, 0.05) is 35.3 Å². The highest BCUT2D eigenvalue weighted by Gasteiger charge is 2.32. The number of hydrogen-bond acceptors (Lipinski definition) is 2. The van der Waals surface area contributed by atoms with Gasteiger partial charge in [-0.2, -0.15) is 13.2 Å². The molecule has 168 valence electrons. The molecule has 0 unspecified atom stereocenters. The van der Waals surface area contributed by atoms with E-state index in [2.05, 4.69) is 10.6 Å². The molecule has 31 heavy (non-hydrogen) atoms. The molecule has 3 nitrogen and oxygen atoms in total. The van der Waals surface area contributed by atoms with E-state index in [0.717, 1.165) is 31.7 Å². The average Bonchev–Trinajstić information content (AvgIpc) is 2.71. The van der Waals surface area contributed by atoms with Crippen LogP contribution in [0, 0.1) is 17.6 Å². The van der Waals surface area contributed by atoms with Gasteiger partial charge in [-0.05, 0) is 61.9 Å². The molecule has 1 aliphatic carbocycles. The Hall–Kier alpha value is -2.19. The summed E-state index contributed by atoms with van der Waals surface area (Å²) in [5, 5.41) is 6.27. The second-order valence-corrected chi connectivity index (χ2v) is 8.14. The van der Waals surface area contributed by atoms with Crippen LogP contribution in [-0.2, 0) is 12.7 Å². The molecular weight excluding hydrogens is 439 g/mol. The molecule has 1 fully saturated rings. The van der Waals surface area contributed by atoms with E-state index in [0.29, 0.717) is 35.8 Å². The van der Waals surface area contributed by atoms with E-state index in [-0.39, 0.29) is 23.3 Å². The number of amides is 1. The second kappa shape index (κ2) is 9.96. The van der Waals surface area contributed by atoms with Gasteiger partial charge in [0.1, 0.15) is 11.6 Å². The number of rotatable bonds is 6. The van der Waals surface area contributed by atoms with Crippen molar-refractivity contribution in [3.05, 3.63) is 69.7 Å². The Morgan fingerprint density at radius 1 is 1.06 bits per heavy atom. The van der Waals surface area contributed by atoms with E-state index in [1.165, 1.54) is 6.07 Å². The van der Waals surface area contributed by atoms with Gasteiger partial charge in [-0.25, -0.2) is 8.78 Å². The second-order valence-electron chi connectivity index (χ2n) is 7.74. The highest BCUT2D eigenvalue weighted by Crippen LogP contribution is 2.30. The van der Waals surface area contributed by atoms with Crippen molar-refractivity contribution < 1.29 is 26.7 Å². The number of nitrogens with one attached hydrogen (secondary N) is 2. The van der Waals surface area contributed by atoms with E-state index in [9.17, 15) is 26.7 Å². The lowest BCUT2D eigenvalue weighted by atomic mass is 9.86. The number of carbonyl (C=O) groups excluding carboxylic acids is 1. The summed E-state index contributed by atoms with van der Waals surface area (Å²) >= 11 is 6.03. The van der Waals surface area contributed by atoms with Crippen LogP contribution in [0.15, 0.2) is 36.4 Å². The van der Waals surface area contributed by atoms with Crippen LogP contribution in [0.5, 0.6) is 0 Å². The van der Waals surface area contributed by atoms with E-state index >= 15 is 0 Å². The molecule has 0 spiro atoms. The Balaban J connectivity index is 1.46. The van der Waals surface area contributed by atoms with Gasteiger partial charge in [-0.1, -0.05) is 17.7 Å². The molecule has 0 atom stereocenters. The molecule has 0 saturated heterocycles. The minimum absolute atomic E-state index is 0.162. The fraction of sp³-hybridized carbons (Fsp3) is 0.409. The normalized spacial score (nSPS) is 19.3. The fourth-order valence-corrected chi connectivity index (χ4v) is 3.97. The van der Waals surface area contributed by atoms with Crippen LogP contribution in [0.1, 0.15) is 47.2 Å². The summed E-state index contributed by atoms with van der Waals surface area (Å²) in [6.07, 6.45) is -1.52. The molecule has 1 amide bonds. The lowest BCUT2D eigenvalue weighted by Gasteiger charge is -2.29. The predicted octanol–water partition coefficient (Wildman–Crippen LogP) is 5.72. The van der Waals surface area contributed by atoms with Gasteiger partial charge in [0.25, 0.3) is 5.91 Å². The molecule has 0 aromatic heterocycles. The molecule has 0 aliphatic heterocycles. The molecule has 0 radical (unpaired) electrons. The van der Waals surface area contributed by atoms with E-state index in [1.54, 1.807) is 12.1 Å². The molecule has 0 heterocycles. The third-order valence-electron chi connectivity index (χ3n) is 5.51. The first-order chi connectivity index (χ1) is 14.6. The van der Waals surface area contributed by atoms with Crippen molar-refractivity contribution in [2.24, 2.45) is 5.92 Å². The Kier molecular flexibility index (Phi) is 7.54. The van der Waals surface area contributed by atoms with Crippen LogP contribution in [0.4, 0.5) is 22.0 Å². The molecular formula is C22H22ClF5N2O. The van der Waals surface area contributed by atoms with Gasteiger partial charge >= 0.3 is 6.18 Å². The molecule has 0 bridgehead atoms. The number of alkyl halides is 3. The topological polar surface area (TPSA) is 41.1 Å². The Morgan fingerprint density at radius 2 is 1.77 bits per heavy atom. The van der Waals surface area contributed by atoms with Crippen LogP contribution in [0.2, 0.25) is 5.02 Å². The Labute approximate surface area is 182 Å². The molecule has 2 aromatic rings. The van der Waals surface area contributed by atoms with Crippen molar-refractivity contribution in [3.8, 4) is 0 Å². The molecule has 9 heteroatoms. The maximum atomic E-state index is 13.8. The summed E-state index contributed by atoms with van der Waals surface area (Å²) < 4.78 is 65.8. The van der Waals surface area contributed by atoms with Crippen LogP contribution < -0.4 is 10.6 Å². The summed E-state index contributed by atoms with van der Waals surface area (Å²) in [5.41, 5.74) is -1.13. The first-order valence-corrected chi connectivity index (χ1v) is 10.3. The maximum absolute atomic E-state index is 13.8. The van der Waals surface area contributed by atoms with Gasteiger partial charge in [0.15, 0.2) is 0 Å². The van der Waals surface area contributed by atoms with Gasteiger partial charge in [0.05, 0.1) is 5.56 Å². The van der Waals surface area contributed by atoms with Crippen LogP contribution in [0.3, 0.4) is 0 Å². The van der Waals surface area contributed by atoms with Gasteiger partial charge in [-0.3, -0.25) is 4.79 Å². The van der Waals surface area contributed by atoms with Crippen molar-refractivity contribution >= 4 is 17.5 Å². The third kappa shape index (κ3) is 6.40. The number of halogens is 6. The van der Waals surface area contributed by atoms with Crippen LogP contribution in [0.25, 0.3) is 0 Å². The largest absolute Gasteiger partial charge is 0.416 e. The lowest BCUT2D eigenvalue weighted by Crippen LogP contribution is -2.37. The maximum Gasteiger partial charge on any atom is 0.416 e. The highest BCUT2D eigenvalue weighted by molar-refractivity contribution is 6.31. The van der Waals surface area contributed by atoms with E-state index < -0.39 is 23.5 Å². The Morgan fingerprint density at radius 3 is 2.42 bits per heavy atom. The molecule has 2 aromatic carbocycles. The third-order valence-corrected chi connectivity index (χ3v) is 5.87. The quantitative estimate of drug-likeness (QED) is 0.542. The number of benzene rings is 2. The molecule has 1 aliphatic rings. The highest BCUT2D eigenvalue weighted by atomic mass is 35.5. The van der Waals surface area contributed by atoms with Crippen molar-refractivity contribution in [3.63, 3.8) is 0 Å². The average molecular weight is 461 g/mol. The zero-order valence-electron chi connectivity index (χ0n) is 16.5. The SMILES string of the molecule is O=C(NC[C@H]1CC[C@@H](NCc2c(F)cccc2Cl)CC1)c1cc(F)cc(C(F)(F)F)c1. The Bertz CT molecular complexity index is 906. The van der Waals surface area contributed by atoms with Gasteiger partial charge in [0.2, 0.25) is 0 Å². The first-order valence-electron chi connectivity index (χ1n) is 9.95. The zero-order chi connectivity index (χ0) is 22.6. The minimum Gasteiger partial charge on any atom is -0.352 e. The van der Waals surface area contributed by atoms with Crippen molar-refractivity contribution in [2.75, 3.05) is 6.54 Å².